The van der Waals surface area contributed by atoms with Gasteiger partial charge in [-0.25, -0.2) is 4.98 Å². The number of rotatable bonds is 2. The van der Waals surface area contributed by atoms with E-state index in [0.717, 1.165) is 5.69 Å². The molecule has 2 heterocycles. The lowest BCUT2D eigenvalue weighted by molar-refractivity contribution is 0.676. The minimum absolute atomic E-state index is 0.504. The van der Waals surface area contributed by atoms with E-state index < -0.39 is 0 Å². The van der Waals surface area contributed by atoms with Gasteiger partial charge in [0, 0.05) is 6.20 Å². The van der Waals surface area contributed by atoms with Gasteiger partial charge in [0.25, 0.3) is 0 Å². The highest BCUT2D eigenvalue weighted by molar-refractivity contribution is 7.14. The van der Waals surface area contributed by atoms with Crippen LogP contribution in [-0.4, -0.2) is 14.8 Å². The van der Waals surface area contributed by atoms with Crippen LogP contribution in [0.3, 0.4) is 0 Å². The summed E-state index contributed by atoms with van der Waals surface area (Å²) in [4.78, 5) is 4.09. The Hall–Kier alpha value is -1.38. The predicted octanol–water partition coefficient (Wildman–Crippen LogP) is 1.91. The fourth-order valence-electron chi connectivity index (χ4n) is 1.02. The zero-order valence-corrected chi connectivity index (χ0v) is 8.59. The molecule has 0 amide bonds. The van der Waals surface area contributed by atoms with Gasteiger partial charge in [-0.05, 0) is 0 Å². The molecule has 0 aliphatic heterocycles. The summed E-state index contributed by atoms with van der Waals surface area (Å²) in [7, 11) is 0. The van der Waals surface area contributed by atoms with Gasteiger partial charge in [-0.3, -0.25) is 4.68 Å². The molecule has 2 aromatic heterocycles. The van der Waals surface area contributed by atoms with Gasteiger partial charge < -0.3 is 0 Å². The van der Waals surface area contributed by atoms with Crippen LogP contribution in [-0.2, 0) is 6.54 Å². The van der Waals surface area contributed by atoms with E-state index in [9.17, 15) is 0 Å². The fraction of sp³-hybridized carbons (Fsp3) is 0.125. The monoisotopic (exact) mass is 224 g/mol. The minimum atomic E-state index is 0.504. The largest absolute Gasteiger partial charge is 0.265 e. The molecule has 0 unspecified atom stereocenters. The van der Waals surface area contributed by atoms with Crippen molar-refractivity contribution >= 4 is 22.9 Å². The number of hydrogen-bond donors (Lipinski definition) is 0. The molecule has 2 aromatic rings. The zero-order valence-electron chi connectivity index (χ0n) is 7.01. The van der Waals surface area contributed by atoms with E-state index in [1.165, 1.54) is 17.5 Å². The van der Waals surface area contributed by atoms with Crippen LogP contribution in [0.4, 0.5) is 0 Å². The minimum Gasteiger partial charge on any atom is -0.265 e. The number of nitriles is 1. The Labute approximate surface area is 89.4 Å². The highest BCUT2D eigenvalue weighted by Gasteiger charge is 2.05. The van der Waals surface area contributed by atoms with Crippen molar-refractivity contribution in [1.29, 1.82) is 5.26 Å². The highest BCUT2D eigenvalue weighted by atomic mass is 35.5. The molecule has 0 spiro atoms. The van der Waals surface area contributed by atoms with E-state index in [4.69, 9.17) is 16.9 Å². The summed E-state index contributed by atoms with van der Waals surface area (Å²) < 4.78 is 2.30. The molecule has 0 saturated heterocycles. The number of aromatic nitrogens is 3. The maximum atomic E-state index is 8.59. The maximum Gasteiger partial charge on any atom is 0.118 e. The molecule has 0 fully saturated rings. The standard InChI is InChI=1S/C8H5ClN4S/c9-8-7(11-5-14-8)4-13-3-6(1-10)2-12-13/h2-3,5H,4H2. The quantitative estimate of drug-likeness (QED) is 0.783. The molecule has 0 radical (unpaired) electrons. The summed E-state index contributed by atoms with van der Waals surface area (Å²) in [5.41, 5.74) is 3.01. The number of nitrogens with zero attached hydrogens (tertiary/aromatic N) is 4. The first-order valence-electron chi connectivity index (χ1n) is 3.80. The van der Waals surface area contributed by atoms with Crippen LogP contribution in [0.25, 0.3) is 0 Å². The average Bonchev–Trinajstić information content (AvgIpc) is 2.77. The van der Waals surface area contributed by atoms with Crippen molar-refractivity contribution in [3.8, 4) is 6.07 Å². The Morgan fingerprint density at radius 2 is 2.50 bits per heavy atom. The first-order chi connectivity index (χ1) is 6.79. The van der Waals surface area contributed by atoms with Crippen LogP contribution >= 0.6 is 22.9 Å². The molecule has 2 rings (SSSR count). The molecular weight excluding hydrogens is 220 g/mol. The molecule has 6 heteroatoms. The Balaban J connectivity index is 2.20. The smallest absolute Gasteiger partial charge is 0.118 e. The third-order valence-corrected chi connectivity index (χ3v) is 2.80. The summed E-state index contributed by atoms with van der Waals surface area (Å²) in [6.07, 6.45) is 3.18. The topological polar surface area (TPSA) is 54.5 Å². The third kappa shape index (κ3) is 1.76. The van der Waals surface area contributed by atoms with Crippen molar-refractivity contribution < 1.29 is 0 Å². The molecular formula is C8H5ClN4S. The Morgan fingerprint density at radius 1 is 1.64 bits per heavy atom. The lowest BCUT2D eigenvalue weighted by atomic mass is 10.4. The lowest BCUT2D eigenvalue weighted by Crippen LogP contribution is -2.00. The van der Waals surface area contributed by atoms with Crippen LogP contribution < -0.4 is 0 Å². The van der Waals surface area contributed by atoms with Crippen LogP contribution in [0.15, 0.2) is 17.9 Å². The molecule has 0 N–H and O–H groups in total. The molecule has 0 aliphatic rings. The van der Waals surface area contributed by atoms with Crippen LogP contribution in [0.1, 0.15) is 11.3 Å². The SMILES string of the molecule is N#Cc1cnn(Cc2ncsc2Cl)c1. The molecule has 14 heavy (non-hydrogen) atoms. The van der Waals surface area contributed by atoms with Crippen molar-refractivity contribution in [1.82, 2.24) is 14.8 Å². The van der Waals surface area contributed by atoms with E-state index in [0.29, 0.717) is 16.4 Å². The average molecular weight is 225 g/mol. The molecule has 0 atom stereocenters. The Kier molecular flexibility index (Phi) is 2.48. The second-order valence-corrected chi connectivity index (χ2v) is 4.07. The van der Waals surface area contributed by atoms with Crippen molar-refractivity contribution in [2.24, 2.45) is 0 Å². The molecule has 0 aliphatic carbocycles. The molecule has 70 valence electrons. The Bertz CT molecular complexity index is 481. The number of halogens is 1. The first kappa shape index (κ1) is 9.19. The molecule has 0 aromatic carbocycles. The van der Waals surface area contributed by atoms with Crippen molar-refractivity contribution in [2.45, 2.75) is 6.54 Å². The third-order valence-electron chi connectivity index (χ3n) is 1.67. The molecule has 0 bridgehead atoms. The van der Waals surface area contributed by atoms with E-state index >= 15 is 0 Å². The van der Waals surface area contributed by atoms with E-state index in [2.05, 4.69) is 10.1 Å². The maximum absolute atomic E-state index is 8.59. The van der Waals surface area contributed by atoms with E-state index in [1.807, 2.05) is 6.07 Å². The summed E-state index contributed by atoms with van der Waals surface area (Å²) in [5, 5.41) is 12.6. The predicted molar refractivity (Wildman–Crippen MR) is 53.2 cm³/mol. The van der Waals surface area contributed by atoms with Gasteiger partial charge in [0.1, 0.15) is 10.4 Å². The van der Waals surface area contributed by atoms with Gasteiger partial charge in [-0.15, -0.1) is 11.3 Å². The highest BCUT2D eigenvalue weighted by Crippen LogP contribution is 2.20. The number of thiazole rings is 1. The van der Waals surface area contributed by atoms with Gasteiger partial charge in [0.15, 0.2) is 0 Å². The lowest BCUT2D eigenvalue weighted by Gasteiger charge is -1.96. The van der Waals surface area contributed by atoms with Gasteiger partial charge in [0.05, 0.1) is 29.5 Å². The van der Waals surface area contributed by atoms with Gasteiger partial charge in [-0.1, -0.05) is 11.6 Å². The summed E-state index contributed by atoms with van der Waals surface area (Å²) in [5.74, 6) is 0. The second kappa shape index (κ2) is 3.78. The summed E-state index contributed by atoms with van der Waals surface area (Å²) >= 11 is 7.26. The summed E-state index contributed by atoms with van der Waals surface area (Å²) in [6.45, 7) is 0.504. The summed E-state index contributed by atoms with van der Waals surface area (Å²) in [6, 6.07) is 2.01. The number of hydrogen-bond acceptors (Lipinski definition) is 4. The molecule has 4 nitrogen and oxygen atoms in total. The first-order valence-corrected chi connectivity index (χ1v) is 5.06. The normalized spacial score (nSPS) is 10.0. The van der Waals surface area contributed by atoms with Crippen molar-refractivity contribution in [3.05, 3.63) is 33.5 Å². The van der Waals surface area contributed by atoms with Gasteiger partial charge >= 0.3 is 0 Å². The Morgan fingerprint density at radius 3 is 3.07 bits per heavy atom. The van der Waals surface area contributed by atoms with Gasteiger partial charge in [-0.2, -0.15) is 10.4 Å². The zero-order chi connectivity index (χ0) is 9.97. The van der Waals surface area contributed by atoms with E-state index in [1.54, 1.807) is 16.4 Å². The van der Waals surface area contributed by atoms with Crippen LogP contribution in [0.5, 0.6) is 0 Å². The van der Waals surface area contributed by atoms with Gasteiger partial charge in [0.2, 0.25) is 0 Å². The van der Waals surface area contributed by atoms with Crippen molar-refractivity contribution in [2.75, 3.05) is 0 Å². The van der Waals surface area contributed by atoms with Crippen LogP contribution in [0, 0.1) is 11.3 Å². The molecule has 0 saturated carbocycles. The van der Waals surface area contributed by atoms with Crippen LogP contribution in [0.2, 0.25) is 4.34 Å². The second-order valence-electron chi connectivity index (χ2n) is 2.61. The van der Waals surface area contributed by atoms with E-state index in [-0.39, 0.29) is 0 Å². The fourth-order valence-corrected chi connectivity index (χ4v) is 1.77. The van der Waals surface area contributed by atoms with Crippen molar-refractivity contribution in [3.63, 3.8) is 0 Å².